The third-order valence-electron chi connectivity index (χ3n) is 7.16. The number of rotatable bonds is 5. The molecule has 4 aromatic rings. The third-order valence-corrected chi connectivity index (χ3v) is 7.16. The van der Waals surface area contributed by atoms with Crippen LogP contribution in [0.2, 0.25) is 0 Å². The van der Waals surface area contributed by atoms with Gasteiger partial charge in [0, 0.05) is 35.4 Å². The largest absolute Gasteiger partial charge is 0.496 e. The molecule has 1 aliphatic rings. The monoisotopic (exact) mass is 519 g/mol. The highest BCUT2D eigenvalue weighted by Gasteiger charge is 2.36. The summed E-state index contributed by atoms with van der Waals surface area (Å²) < 4.78 is 14.2. The molecule has 1 N–H and O–H groups in total. The summed E-state index contributed by atoms with van der Waals surface area (Å²) in [6.07, 6.45) is 10.0. The maximum absolute atomic E-state index is 13.2. The summed E-state index contributed by atoms with van der Waals surface area (Å²) in [7, 11) is 2.97. The number of carbonyl (C=O) groups excluding carboxylic acids is 2. The van der Waals surface area contributed by atoms with Gasteiger partial charge in [-0.15, -0.1) is 0 Å². The normalized spacial score (nSPS) is 17.9. The summed E-state index contributed by atoms with van der Waals surface area (Å²) >= 11 is 0. The van der Waals surface area contributed by atoms with E-state index in [2.05, 4.69) is 15.4 Å². The Morgan fingerprint density at radius 3 is 2.58 bits per heavy atom. The van der Waals surface area contributed by atoms with Gasteiger partial charge in [-0.3, -0.25) is 9.48 Å². The van der Waals surface area contributed by atoms with Crippen LogP contribution in [-0.4, -0.2) is 67.1 Å². The predicted molar refractivity (Wildman–Crippen MR) is 143 cm³/mol. The van der Waals surface area contributed by atoms with Gasteiger partial charge in [0.05, 0.1) is 48.7 Å². The number of nitrogens with one attached hydrogen (secondary N) is 1. The Balaban J connectivity index is 1.35. The molecule has 0 saturated heterocycles. The predicted octanol–water partition coefficient (Wildman–Crippen LogP) is 4.69. The fraction of sp³-hybridized carbons (Fsp3) is 0.444. The number of aromatic nitrogens is 5. The first-order chi connectivity index (χ1) is 18.2. The van der Waals surface area contributed by atoms with E-state index in [0.29, 0.717) is 17.0 Å². The Labute approximate surface area is 220 Å². The molecule has 0 bridgehead atoms. The standard InChI is InChI=1S/C27H33N7O4/c1-27(2,3)34(26(36)38-5)19-8-6-18(7-9-19)32-15-17-12-20(24(37-4)13-21(17)31-32)25(35)30-22-14-29-33-16-28-11-10-23(22)33/h10-16,18-19H,6-9H2,1-5H3,(H,30,35). The number of hydrogen-bond donors (Lipinski definition) is 1. The van der Waals surface area contributed by atoms with Gasteiger partial charge in [0.25, 0.3) is 5.91 Å². The van der Waals surface area contributed by atoms with Gasteiger partial charge in [-0.05, 0) is 58.6 Å². The van der Waals surface area contributed by atoms with E-state index in [-0.39, 0.29) is 29.6 Å². The molecule has 0 radical (unpaired) electrons. The third kappa shape index (κ3) is 4.75. The van der Waals surface area contributed by atoms with Crippen molar-refractivity contribution in [3.05, 3.63) is 48.7 Å². The fourth-order valence-electron chi connectivity index (χ4n) is 5.39. The minimum atomic E-state index is -0.321. The van der Waals surface area contributed by atoms with Crippen molar-refractivity contribution in [2.45, 2.75) is 64.1 Å². The molecule has 11 heteroatoms. The Hall–Kier alpha value is -4.15. The zero-order valence-corrected chi connectivity index (χ0v) is 22.3. The Kier molecular flexibility index (Phi) is 6.68. The lowest BCUT2D eigenvalue weighted by Crippen LogP contribution is -2.52. The molecule has 1 aromatic carbocycles. The molecule has 3 aromatic heterocycles. The number of hydrogen-bond acceptors (Lipinski definition) is 7. The topological polar surface area (TPSA) is 116 Å². The van der Waals surface area contributed by atoms with Crippen LogP contribution in [0.3, 0.4) is 0 Å². The maximum atomic E-state index is 13.2. The number of nitrogens with zero attached hydrogens (tertiary/aromatic N) is 6. The molecule has 1 aliphatic carbocycles. The smallest absolute Gasteiger partial charge is 0.410 e. The highest BCUT2D eigenvalue weighted by molar-refractivity contribution is 6.09. The first-order valence-corrected chi connectivity index (χ1v) is 12.7. The average molecular weight is 520 g/mol. The number of benzene rings is 1. The molecule has 0 atom stereocenters. The fourth-order valence-corrected chi connectivity index (χ4v) is 5.39. The van der Waals surface area contributed by atoms with E-state index in [9.17, 15) is 9.59 Å². The lowest BCUT2D eigenvalue weighted by Gasteiger charge is -2.43. The SMILES string of the molecule is COC(=O)N(C1CCC(n2cc3cc(C(=O)Nc4cnn5cnccc45)c(OC)cc3n2)CC1)C(C)(C)C. The average Bonchev–Trinajstić information content (AvgIpc) is 3.51. The van der Waals surface area contributed by atoms with Crippen molar-refractivity contribution in [1.29, 1.82) is 0 Å². The van der Waals surface area contributed by atoms with E-state index < -0.39 is 0 Å². The molecular weight excluding hydrogens is 486 g/mol. The zero-order chi connectivity index (χ0) is 27.0. The number of fused-ring (bicyclic) bond motifs is 2. The van der Waals surface area contributed by atoms with E-state index in [1.807, 2.05) is 42.6 Å². The molecule has 38 heavy (non-hydrogen) atoms. The minimum absolute atomic E-state index is 0.120. The number of anilines is 1. The molecule has 0 spiro atoms. The van der Waals surface area contributed by atoms with Crippen molar-refractivity contribution in [1.82, 2.24) is 29.3 Å². The second-order valence-electron chi connectivity index (χ2n) is 10.6. The number of amides is 2. The quantitative estimate of drug-likeness (QED) is 0.407. The van der Waals surface area contributed by atoms with Gasteiger partial charge < -0.3 is 19.7 Å². The summed E-state index contributed by atoms with van der Waals surface area (Å²) in [4.78, 5) is 31.6. The molecule has 2 amide bonds. The van der Waals surface area contributed by atoms with Crippen molar-refractivity contribution < 1.29 is 19.1 Å². The van der Waals surface area contributed by atoms with E-state index in [1.165, 1.54) is 7.11 Å². The number of carbonyl (C=O) groups is 2. The molecule has 3 heterocycles. The van der Waals surface area contributed by atoms with E-state index in [1.54, 1.807) is 42.5 Å². The van der Waals surface area contributed by atoms with Crippen molar-refractivity contribution in [3.8, 4) is 5.75 Å². The van der Waals surface area contributed by atoms with Crippen molar-refractivity contribution in [2.24, 2.45) is 0 Å². The van der Waals surface area contributed by atoms with Crippen LogP contribution in [0.25, 0.3) is 16.4 Å². The second-order valence-corrected chi connectivity index (χ2v) is 10.6. The molecular formula is C27H33N7O4. The van der Waals surface area contributed by atoms with Gasteiger partial charge in [0.15, 0.2) is 0 Å². The first kappa shape index (κ1) is 25.5. The molecule has 1 saturated carbocycles. The van der Waals surface area contributed by atoms with Crippen LogP contribution >= 0.6 is 0 Å². The summed E-state index contributed by atoms with van der Waals surface area (Å²) in [5, 5.41) is 12.8. The van der Waals surface area contributed by atoms with Crippen LogP contribution in [0.4, 0.5) is 10.5 Å². The van der Waals surface area contributed by atoms with E-state index >= 15 is 0 Å². The summed E-state index contributed by atoms with van der Waals surface area (Å²) in [6, 6.07) is 5.71. The second kappa shape index (κ2) is 9.96. The van der Waals surface area contributed by atoms with E-state index in [4.69, 9.17) is 14.6 Å². The van der Waals surface area contributed by atoms with Gasteiger partial charge in [-0.1, -0.05) is 0 Å². The van der Waals surface area contributed by atoms with Gasteiger partial charge in [-0.2, -0.15) is 10.2 Å². The van der Waals surface area contributed by atoms with Gasteiger partial charge in [0.2, 0.25) is 0 Å². The zero-order valence-electron chi connectivity index (χ0n) is 22.3. The van der Waals surface area contributed by atoms with Crippen LogP contribution in [0.15, 0.2) is 43.1 Å². The number of methoxy groups -OCH3 is 2. The van der Waals surface area contributed by atoms with Crippen molar-refractivity contribution in [3.63, 3.8) is 0 Å². The highest BCUT2D eigenvalue weighted by Crippen LogP contribution is 2.35. The molecule has 5 rings (SSSR count). The van der Waals surface area contributed by atoms with Gasteiger partial charge in [0.1, 0.15) is 12.1 Å². The summed E-state index contributed by atoms with van der Waals surface area (Å²) in [6.45, 7) is 6.10. The van der Waals surface area contributed by atoms with Crippen molar-refractivity contribution >= 4 is 34.1 Å². The molecule has 0 aliphatic heterocycles. The maximum Gasteiger partial charge on any atom is 0.410 e. The molecule has 0 unspecified atom stereocenters. The molecule has 1 fully saturated rings. The van der Waals surface area contributed by atoms with Crippen LogP contribution < -0.4 is 10.1 Å². The van der Waals surface area contributed by atoms with Gasteiger partial charge >= 0.3 is 6.09 Å². The summed E-state index contributed by atoms with van der Waals surface area (Å²) in [5.41, 5.74) is 2.18. The lowest BCUT2D eigenvalue weighted by molar-refractivity contribution is 0.0396. The van der Waals surface area contributed by atoms with Crippen LogP contribution in [0.5, 0.6) is 5.75 Å². The van der Waals surface area contributed by atoms with Crippen LogP contribution in [-0.2, 0) is 4.74 Å². The molecule has 11 nitrogen and oxygen atoms in total. The van der Waals surface area contributed by atoms with Gasteiger partial charge in [-0.25, -0.2) is 14.3 Å². The summed E-state index contributed by atoms with van der Waals surface area (Å²) in [5.74, 6) is 0.148. The Bertz CT molecular complexity index is 1480. The number of ether oxygens (including phenoxy) is 2. The van der Waals surface area contributed by atoms with E-state index in [0.717, 1.165) is 42.1 Å². The van der Waals surface area contributed by atoms with Crippen LogP contribution in [0.1, 0.15) is 62.9 Å². The lowest BCUT2D eigenvalue weighted by atomic mass is 9.88. The van der Waals surface area contributed by atoms with Crippen LogP contribution in [0, 0.1) is 0 Å². The minimum Gasteiger partial charge on any atom is -0.496 e. The Morgan fingerprint density at radius 2 is 1.89 bits per heavy atom. The molecule has 200 valence electrons. The highest BCUT2D eigenvalue weighted by atomic mass is 16.5. The van der Waals surface area contributed by atoms with Crippen molar-refractivity contribution in [2.75, 3.05) is 19.5 Å². The Morgan fingerprint density at radius 1 is 1.13 bits per heavy atom. The first-order valence-electron chi connectivity index (χ1n) is 12.7.